The lowest BCUT2D eigenvalue weighted by molar-refractivity contribution is -0.158. The van der Waals surface area contributed by atoms with E-state index in [0.717, 1.165) is 0 Å². The summed E-state index contributed by atoms with van der Waals surface area (Å²) in [5.41, 5.74) is 0.744. The summed E-state index contributed by atoms with van der Waals surface area (Å²) in [6.45, 7) is 8.83. The van der Waals surface area contributed by atoms with Gasteiger partial charge >= 0.3 is 5.97 Å². The molecule has 0 unspecified atom stereocenters. The van der Waals surface area contributed by atoms with Crippen LogP contribution in [0.25, 0.3) is 5.70 Å². The van der Waals surface area contributed by atoms with Gasteiger partial charge in [0.1, 0.15) is 23.9 Å². The molecule has 7 heteroatoms. The minimum atomic E-state index is -0.778. The minimum absolute atomic E-state index is 0.190. The maximum Gasteiger partial charge on any atom is 0.326 e. The zero-order chi connectivity index (χ0) is 23.5. The SMILES string of the molecule is CC(C)[C@@H]1C(=O)N(CC(=O)OC(C)(C)C)C(c2ccccc2)=CN1C(=O)c1ccccn1. The number of nitrogens with zero attached hydrogens (tertiary/aromatic N) is 3. The normalized spacial score (nSPS) is 16.8. The van der Waals surface area contributed by atoms with Gasteiger partial charge in [0.05, 0.1) is 5.70 Å². The first-order chi connectivity index (χ1) is 15.1. The number of hydrogen-bond acceptors (Lipinski definition) is 5. The van der Waals surface area contributed by atoms with E-state index in [4.69, 9.17) is 4.74 Å². The van der Waals surface area contributed by atoms with E-state index in [0.29, 0.717) is 11.3 Å². The minimum Gasteiger partial charge on any atom is -0.459 e. The Kier molecular flexibility index (Phi) is 6.77. The molecule has 2 amide bonds. The van der Waals surface area contributed by atoms with E-state index in [1.165, 1.54) is 9.80 Å². The fourth-order valence-corrected chi connectivity index (χ4v) is 3.60. The highest BCUT2D eigenvalue weighted by atomic mass is 16.6. The first-order valence-corrected chi connectivity index (χ1v) is 10.6. The lowest BCUT2D eigenvalue weighted by atomic mass is 9.96. The lowest BCUT2D eigenvalue weighted by Gasteiger charge is -2.41. The Bertz CT molecular complexity index is 1010. The molecule has 0 spiro atoms. The monoisotopic (exact) mass is 435 g/mol. The Balaban J connectivity index is 2.08. The van der Waals surface area contributed by atoms with E-state index in [1.807, 2.05) is 44.2 Å². The van der Waals surface area contributed by atoms with E-state index < -0.39 is 17.6 Å². The van der Waals surface area contributed by atoms with E-state index in [2.05, 4.69) is 4.98 Å². The highest BCUT2D eigenvalue weighted by molar-refractivity contribution is 6.02. The van der Waals surface area contributed by atoms with Crippen molar-refractivity contribution < 1.29 is 19.1 Å². The number of pyridine rings is 1. The summed E-state index contributed by atoms with van der Waals surface area (Å²) in [5, 5.41) is 0. The average molecular weight is 436 g/mol. The lowest BCUT2D eigenvalue weighted by Crippen LogP contribution is -2.55. The third-order valence-electron chi connectivity index (χ3n) is 4.90. The molecule has 0 radical (unpaired) electrons. The summed E-state index contributed by atoms with van der Waals surface area (Å²) in [6.07, 6.45) is 3.18. The van der Waals surface area contributed by atoms with Crippen LogP contribution >= 0.6 is 0 Å². The maximum absolute atomic E-state index is 13.7. The van der Waals surface area contributed by atoms with Gasteiger partial charge in [-0.15, -0.1) is 0 Å². The molecule has 168 valence electrons. The number of hydrogen-bond donors (Lipinski definition) is 0. The van der Waals surface area contributed by atoms with Crippen molar-refractivity contribution in [3.05, 3.63) is 72.2 Å². The van der Waals surface area contributed by atoms with Crippen LogP contribution in [-0.4, -0.2) is 50.8 Å². The molecule has 3 rings (SSSR count). The first-order valence-electron chi connectivity index (χ1n) is 10.6. The predicted octanol–water partition coefficient (Wildman–Crippen LogP) is 3.73. The molecule has 1 atom stereocenters. The van der Waals surface area contributed by atoms with Crippen molar-refractivity contribution in [1.29, 1.82) is 0 Å². The molecule has 1 aliphatic rings. The maximum atomic E-state index is 13.7. The number of rotatable bonds is 5. The van der Waals surface area contributed by atoms with Crippen LogP contribution in [0.2, 0.25) is 0 Å². The summed E-state index contributed by atoms with van der Waals surface area (Å²) in [4.78, 5) is 46.6. The van der Waals surface area contributed by atoms with Gasteiger partial charge < -0.3 is 4.74 Å². The fourth-order valence-electron chi connectivity index (χ4n) is 3.60. The van der Waals surface area contributed by atoms with Crippen molar-refractivity contribution in [1.82, 2.24) is 14.8 Å². The molecule has 0 N–H and O–H groups in total. The Morgan fingerprint density at radius 2 is 1.72 bits per heavy atom. The smallest absolute Gasteiger partial charge is 0.326 e. The molecule has 7 nitrogen and oxygen atoms in total. The molecule has 0 saturated heterocycles. The van der Waals surface area contributed by atoms with Crippen LogP contribution in [0.3, 0.4) is 0 Å². The van der Waals surface area contributed by atoms with Gasteiger partial charge in [0.25, 0.3) is 11.8 Å². The Hall–Kier alpha value is -3.48. The highest BCUT2D eigenvalue weighted by Gasteiger charge is 2.42. The zero-order valence-corrected chi connectivity index (χ0v) is 19.1. The zero-order valence-electron chi connectivity index (χ0n) is 19.1. The molecule has 1 aliphatic heterocycles. The molecule has 1 aromatic carbocycles. The summed E-state index contributed by atoms with van der Waals surface area (Å²) >= 11 is 0. The molecule has 0 saturated carbocycles. The second kappa shape index (κ2) is 9.34. The van der Waals surface area contributed by atoms with Gasteiger partial charge in [-0.1, -0.05) is 50.2 Å². The molecule has 32 heavy (non-hydrogen) atoms. The summed E-state index contributed by atoms with van der Waals surface area (Å²) in [5.74, 6) is -1.41. The van der Waals surface area contributed by atoms with Crippen molar-refractivity contribution in [2.45, 2.75) is 46.3 Å². The molecule has 0 aliphatic carbocycles. The molecular formula is C25H29N3O4. The van der Waals surface area contributed by atoms with Gasteiger partial charge in [-0.3, -0.25) is 29.2 Å². The van der Waals surface area contributed by atoms with Crippen molar-refractivity contribution in [2.75, 3.05) is 6.54 Å². The van der Waals surface area contributed by atoms with Crippen LogP contribution in [-0.2, 0) is 14.3 Å². The molecule has 0 fully saturated rings. The van der Waals surface area contributed by atoms with Crippen LogP contribution in [0.15, 0.2) is 60.9 Å². The van der Waals surface area contributed by atoms with Gasteiger partial charge in [0, 0.05) is 12.4 Å². The second-order valence-electron chi connectivity index (χ2n) is 9.01. The standard InChI is InChI=1S/C25H29N3O4/c1-17(2)22-24(31)27(16-21(29)32-25(3,4)5)20(18-11-7-6-8-12-18)15-28(22)23(30)19-13-9-10-14-26-19/h6-15,17,22H,16H2,1-5H3/t22-/m1/s1. The summed E-state index contributed by atoms with van der Waals surface area (Å²) in [6, 6.07) is 13.5. The van der Waals surface area contributed by atoms with Crippen molar-refractivity contribution in [3.63, 3.8) is 0 Å². The third-order valence-corrected chi connectivity index (χ3v) is 4.90. The van der Waals surface area contributed by atoms with Crippen molar-refractivity contribution in [3.8, 4) is 0 Å². The van der Waals surface area contributed by atoms with Crippen LogP contribution in [0.5, 0.6) is 0 Å². The van der Waals surface area contributed by atoms with Gasteiger partial charge in [0.2, 0.25) is 0 Å². The third kappa shape index (κ3) is 5.22. The highest BCUT2D eigenvalue weighted by Crippen LogP contribution is 2.31. The quantitative estimate of drug-likeness (QED) is 0.669. The van der Waals surface area contributed by atoms with Gasteiger partial charge in [-0.2, -0.15) is 0 Å². The number of carbonyl (C=O) groups is 3. The van der Waals surface area contributed by atoms with Crippen LogP contribution in [0.1, 0.15) is 50.7 Å². The molecule has 0 bridgehead atoms. The summed E-state index contributed by atoms with van der Waals surface area (Å²) in [7, 11) is 0. The average Bonchev–Trinajstić information content (AvgIpc) is 2.74. The number of amides is 2. The second-order valence-corrected chi connectivity index (χ2v) is 9.01. The largest absolute Gasteiger partial charge is 0.459 e. The predicted molar refractivity (Wildman–Crippen MR) is 121 cm³/mol. The number of esters is 1. The number of carbonyl (C=O) groups excluding carboxylic acids is 3. The van der Waals surface area contributed by atoms with Gasteiger partial charge in [-0.05, 0) is 44.4 Å². The Morgan fingerprint density at radius 1 is 1.06 bits per heavy atom. The van der Waals surface area contributed by atoms with E-state index in [1.54, 1.807) is 51.4 Å². The number of benzene rings is 1. The Morgan fingerprint density at radius 3 is 2.28 bits per heavy atom. The first kappa shape index (κ1) is 23.2. The van der Waals surface area contributed by atoms with Gasteiger partial charge in [0.15, 0.2) is 0 Å². The van der Waals surface area contributed by atoms with Crippen molar-refractivity contribution in [2.24, 2.45) is 5.92 Å². The van der Waals surface area contributed by atoms with Crippen LogP contribution in [0, 0.1) is 5.92 Å². The fraction of sp³-hybridized carbons (Fsp3) is 0.360. The van der Waals surface area contributed by atoms with Crippen molar-refractivity contribution >= 4 is 23.5 Å². The molecule has 1 aromatic heterocycles. The van der Waals surface area contributed by atoms with Gasteiger partial charge in [-0.25, -0.2) is 0 Å². The summed E-state index contributed by atoms with van der Waals surface area (Å²) < 4.78 is 5.46. The van der Waals surface area contributed by atoms with E-state index in [9.17, 15) is 14.4 Å². The van der Waals surface area contributed by atoms with E-state index >= 15 is 0 Å². The van der Waals surface area contributed by atoms with E-state index in [-0.39, 0.29) is 30.0 Å². The topological polar surface area (TPSA) is 79.8 Å². The number of aromatic nitrogens is 1. The molecular weight excluding hydrogens is 406 g/mol. The van der Waals surface area contributed by atoms with Crippen LogP contribution < -0.4 is 0 Å². The Labute approximate surface area is 188 Å². The van der Waals surface area contributed by atoms with Crippen LogP contribution in [0.4, 0.5) is 0 Å². The number of ether oxygens (including phenoxy) is 1. The molecule has 2 aromatic rings. The molecule has 2 heterocycles.